The topological polar surface area (TPSA) is 97.1 Å². The summed E-state index contributed by atoms with van der Waals surface area (Å²) < 4.78 is 5.42. The summed E-state index contributed by atoms with van der Waals surface area (Å²) in [6.07, 6.45) is 4.66. The molecule has 0 aromatic carbocycles. The van der Waals surface area contributed by atoms with Crippen LogP contribution in [0.15, 0.2) is 23.8 Å². The van der Waals surface area contributed by atoms with Crippen molar-refractivity contribution in [2.75, 3.05) is 31.2 Å². The Hall–Kier alpha value is -2.61. The van der Waals surface area contributed by atoms with E-state index in [9.17, 15) is 4.79 Å². The molecule has 0 bridgehead atoms. The Morgan fingerprint density at radius 2 is 2.24 bits per heavy atom. The number of H-pyrrole nitrogens is 1. The van der Waals surface area contributed by atoms with E-state index in [0.29, 0.717) is 18.8 Å². The number of amides is 1. The molecule has 1 fully saturated rings. The van der Waals surface area contributed by atoms with Crippen LogP contribution >= 0.6 is 0 Å². The van der Waals surface area contributed by atoms with Gasteiger partial charge >= 0.3 is 0 Å². The van der Waals surface area contributed by atoms with Crippen LogP contribution in [-0.4, -0.2) is 54.1 Å². The van der Waals surface area contributed by atoms with E-state index >= 15 is 0 Å². The second-order valence-corrected chi connectivity index (χ2v) is 6.31. The van der Waals surface area contributed by atoms with E-state index in [1.54, 1.807) is 6.20 Å². The average molecular weight is 337 g/mol. The number of carbonyl (C=O) groups is 1. The van der Waals surface area contributed by atoms with Gasteiger partial charge in [0.1, 0.15) is 5.82 Å². The summed E-state index contributed by atoms with van der Waals surface area (Å²) in [5.74, 6) is 0.358. The minimum atomic E-state index is -0.426. The predicted octanol–water partition coefficient (Wildman–Crippen LogP) is -0.305. The first-order valence-electron chi connectivity index (χ1n) is 8.56. The van der Waals surface area contributed by atoms with Gasteiger partial charge in [-0.05, 0) is 24.1 Å². The Labute approximate surface area is 146 Å². The van der Waals surface area contributed by atoms with Gasteiger partial charge in [0.25, 0.3) is 6.71 Å². The zero-order valence-corrected chi connectivity index (χ0v) is 14.2. The summed E-state index contributed by atoms with van der Waals surface area (Å²) in [4.78, 5) is 19.1. The molecule has 7 nitrogen and oxygen atoms in total. The lowest BCUT2D eigenvalue weighted by molar-refractivity contribution is 0.1000. The Morgan fingerprint density at radius 3 is 2.88 bits per heavy atom. The first kappa shape index (κ1) is 15.9. The van der Waals surface area contributed by atoms with Crippen LogP contribution in [-0.2, 0) is 4.74 Å². The number of aromatic amines is 1. The summed E-state index contributed by atoms with van der Waals surface area (Å²) in [5, 5.41) is 7.13. The number of rotatable bonds is 4. The van der Waals surface area contributed by atoms with Gasteiger partial charge in [0.05, 0.1) is 18.8 Å². The van der Waals surface area contributed by atoms with Gasteiger partial charge in [-0.2, -0.15) is 5.10 Å². The fourth-order valence-corrected chi connectivity index (χ4v) is 3.62. The number of nitrogens with two attached hydrogens (primary N) is 1. The summed E-state index contributed by atoms with van der Waals surface area (Å²) in [6, 6.07) is 3.77. The van der Waals surface area contributed by atoms with Crippen molar-refractivity contribution >= 4 is 35.7 Å². The number of aromatic nitrogens is 3. The molecule has 2 aliphatic heterocycles. The molecule has 25 heavy (non-hydrogen) atoms. The van der Waals surface area contributed by atoms with E-state index < -0.39 is 5.91 Å². The Balaban J connectivity index is 1.86. The van der Waals surface area contributed by atoms with Crippen molar-refractivity contribution in [3.63, 3.8) is 0 Å². The number of allylic oxidation sites excluding steroid dienone is 1. The van der Waals surface area contributed by atoms with Crippen LogP contribution < -0.4 is 21.8 Å². The molecule has 2 aromatic rings. The van der Waals surface area contributed by atoms with Crippen LogP contribution in [0.25, 0.3) is 6.08 Å². The van der Waals surface area contributed by atoms with Gasteiger partial charge in [-0.3, -0.25) is 9.89 Å². The molecule has 2 aromatic heterocycles. The first-order valence-corrected chi connectivity index (χ1v) is 8.56. The zero-order chi connectivity index (χ0) is 17.4. The van der Waals surface area contributed by atoms with Gasteiger partial charge in [0.2, 0.25) is 5.91 Å². The third kappa shape index (κ3) is 2.72. The monoisotopic (exact) mass is 337 g/mol. The van der Waals surface area contributed by atoms with E-state index in [2.05, 4.69) is 28.1 Å². The quantitative estimate of drug-likeness (QED) is 0.747. The number of carbonyl (C=O) groups excluding carboxylic acids is 1. The molecule has 128 valence electrons. The molecule has 4 heterocycles. The highest BCUT2D eigenvalue weighted by molar-refractivity contribution is 6.92. The number of ether oxygens (including phenoxy) is 1. The van der Waals surface area contributed by atoms with Gasteiger partial charge in [-0.15, -0.1) is 0 Å². The van der Waals surface area contributed by atoms with Crippen LogP contribution in [0.2, 0.25) is 0 Å². The number of primary amides is 1. The van der Waals surface area contributed by atoms with Crippen molar-refractivity contribution in [2.45, 2.75) is 13.3 Å². The molecule has 1 amide bonds. The third-order valence-electron chi connectivity index (χ3n) is 4.89. The van der Waals surface area contributed by atoms with Crippen LogP contribution in [0.1, 0.15) is 29.3 Å². The maximum atomic E-state index is 12.1. The lowest BCUT2D eigenvalue weighted by Gasteiger charge is -2.29. The fraction of sp³-hybridized carbons (Fsp3) is 0.353. The Morgan fingerprint density at radius 1 is 1.44 bits per heavy atom. The van der Waals surface area contributed by atoms with E-state index in [4.69, 9.17) is 15.5 Å². The van der Waals surface area contributed by atoms with Crippen molar-refractivity contribution in [3.05, 3.63) is 34.9 Å². The number of nitrogens with one attached hydrogen (secondary N) is 1. The molecule has 0 spiro atoms. The normalized spacial score (nSPS) is 16.8. The molecule has 0 atom stereocenters. The van der Waals surface area contributed by atoms with Crippen molar-refractivity contribution in [3.8, 4) is 0 Å². The smallest absolute Gasteiger partial charge is 0.284 e. The number of hydrogen-bond donors (Lipinski definition) is 2. The molecule has 0 saturated carbocycles. The maximum Gasteiger partial charge on any atom is 0.284 e. The summed E-state index contributed by atoms with van der Waals surface area (Å²) >= 11 is 0. The highest BCUT2D eigenvalue weighted by atomic mass is 16.5. The molecule has 0 aliphatic carbocycles. The molecular weight excluding hydrogens is 317 g/mol. The van der Waals surface area contributed by atoms with Gasteiger partial charge < -0.3 is 15.4 Å². The molecule has 4 rings (SSSR count). The van der Waals surface area contributed by atoms with E-state index in [1.807, 2.05) is 12.1 Å². The van der Waals surface area contributed by atoms with Gasteiger partial charge in [-0.1, -0.05) is 18.5 Å². The Bertz CT molecular complexity index is 828. The third-order valence-corrected chi connectivity index (χ3v) is 4.89. The van der Waals surface area contributed by atoms with Crippen LogP contribution in [0.4, 0.5) is 5.82 Å². The van der Waals surface area contributed by atoms with E-state index in [1.165, 1.54) is 5.47 Å². The molecule has 3 N–H and O–H groups in total. The van der Waals surface area contributed by atoms with Crippen molar-refractivity contribution in [1.82, 2.24) is 15.2 Å². The average Bonchev–Trinajstić information content (AvgIpc) is 3.28. The molecule has 8 heteroatoms. The predicted molar refractivity (Wildman–Crippen MR) is 97.7 cm³/mol. The molecule has 0 unspecified atom stereocenters. The molecule has 2 aliphatic rings. The number of anilines is 1. The summed E-state index contributed by atoms with van der Waals surface area (Å²) in [7, 11) is 0. The fourth-order valence-electron chi connectivity index (χ4n) is 3.62. The largest absolute Gasteiger partial charge is 0.378 e. The van der Waals surface area contributed by atoms with Gasteiger partial charge in [0, 0.05) is 30.5 Å². The van der Waals surface area contributed by atoms with Crippen LogP contribution in [0, 0.1) is 0 Å². The number of morpholine rings is 1. The number of nitrogens with zero attached hydrogens (tertiary/aromatic N) is 3. The molecule has 1 saturated heterocycles. The SMILES string of the molecule is CCC1=Cc2c(C(N)=O)cc(N3CCOCC3)nc2B1c1ccn[nH]1. The van der Waals surface area contributed by atoms with Gasteiger partial charge in [-0.25, -0.2) is 4.98 Å². The van der Waals surface area contributed by atoms with Crippen molar-refractivity contribution in [1.29, 1.82) is 0 Å². The first-order chi connectivity index (χ1) is 12.2. The second-order valence-electron chi connectivity index (χ2n) is 6.31. The molecular formula is C17H20BN5O2. The van der Waals surface area contributed by atoms with Gasteiger partial charge in [0.15, 0.2) is 0 Å². The minimum absolute atomic E-state index is 0.0124. The van der Waals surface area contributed by atoms with E-state index in [-0.39, 0.29) is 6.71 Å². The zero-order valence-electron chi connectivity index (χ0n) is 14.2. The van der Waals surface area contributed by atoms with Crippen LogP contribution in [0.5, 0.6) is 0 Å². The maximum absolute atomic E-state index is 12.1. The lowest BCUT2D eigenvalue weighted by Crippen LogP contribution is -2.47. The number of hydrogen-bond acceptors (Lipinski definition) is 5. The van der Waals surface area contributed by atoms with Crippen molar-refractivity contribution in [2.24, 2.45) is 5.73 Å². The minimum Gasteiger partial charge on any atom is -0.378 e. The summed E-state index contributed by atoms with van der Waals surface area (Å²) in [6.45, 7) is 4.93. The van der Waals surface area contributed by atoms with E-state index in [0.717, 1.165) is 42.1 Å². The Kier molecular flexibility index (Phi) is 4.05. The molecule has 0 radical (unpaired) electrons. The number of fused-ring (bicyclic) bond motifs is 1. The lowest BCUT2D eigenvalue weighted by atomic mass is 9.41. The summed E-state index contributed by atoms with van der Waals surface area (Å²) in [5.41, 5.74) is 10.1. The van der Waals surface area contributed by atoms with Crippen LogP contribution in [0.3, 0.4) is 0 Å². The van der Waals surface area contributed by atoms with Crippen molar-refractivity contribution < 1.29 is 9.53 Å². The standard InChI is InChI=1S/C17H20BN5O2/c1-2-11-9-12-13(17(19)24)10-15(23-5-7-25-8-6-23)21-16(12)18(11)14-3-4-20-22-14/h3-4,9-10H,2,5-8H2,1H3,(H2,19,24)(H,20,22). The second kappa shape index (κ2) is 6.36. The highest BCUT2D eigenvalue weighted by Gasteiger charge is 2.35. The number of pyridine rings is 1. The highest BCUT2D eigenvalue weighted by Crippen LogP contribution is 2.25.